The van der Waals surface area contributed by atoms with E-state index >= 15 is 0 Å². The first kappa shape index (κ1) is 16.3. The van der Waals surface area contributed by atoms with Crippen molar-refractivity contribution >= 4 is 11.7 Å². The second kappa shape index (κ2) is 6.38. The van der Waals surface area contributed by atoms with Gasteiger partial charge in [-0.25, -0.2) is 4.68 Å². The van der Waals surface area contributed by atoms with Gasteiger partial charge < -0.3 is 9.88 Å². The number of anilines is 1. The van der Waals surface area contributed by atoms with Crippen LogP contribution in [0.15, 0.2) is 18.3 Å². The van der Waals surface area contributed by atoms with E-state index in [0.717, 1.165) is 29.2 Å². The summed E-state index contributed by atoms with van der Waals surface area (Å²) < 4.78 is 4.04. The van der Waals surface area contributed by atoms with Crippen LogP contribution in [0.1, 0.15) is 67.9 Å². The molecule has 5 heteroatoms. The van der Waals surface area contributed by atoms with Gasteiger partial charge in [0.15, 0.2) is 0 Å². The first-order valence-corrected chi connectivity index (χ1v) is 7.90. The zero-order chi connectivity index (χ0) is 16.4. The molecule has 0 aromatic carbocycles. The number of hydrogen-bond donors (Lipinski definition) is 1. The molecule has 2 rings (SSSR count). The van der Waals surface area contributed by atoms with Crippen molar-refractivity contribution < 1.29 is 4.79 Å². The quantitative estimate of drug-likeness (QED) is 0.903. The number of rotatable bonds is 5. The number of hydrogen-bond acceptors (Lipinski definition) is 2. The summed E-state index contributed by atoms with van der Waals surface area (Å²) in [6.45, 7) is 12.5. The highest BCUT2D eigenvalue weighted by molar-refractivity contribution is 6.04. The fraction of sp³-hybridized carbons (Fsp3) is 0.529. The first-order valence-electron chi connectivity index (χ1n) is 7.90. The summed E-state index contributed by atoms with van der Waals surface area (Å²) in [6.07, 6.45) is 2.69. The Kier molecular flexibility index (Phi) is 4.74. The Labute approximate surface area is 132 Å². The van der Waals surface area contributed by atoms with E-state index in [9.17, 15) is 4.79 Å². The lowest BCUT2D eigenvalue weighted by atomic mass is 10.2. The minimum atomic E-state index is -0.0787. The molecule has 0 aliphatic rings. The number of amides is 1. The average Bonchev–Trinajstić information content (AvgIpc) is 3.02. The third kappa shape index (κ3) is 2.93. The molecule has 1 unspecified atom stereocenters. The molecule has 0 aliphatic heterocycles. The molecule has 22 heavy (non-hydrogen) atoms. The number of aromatic nitrogens is 3. The van der Waals surface area contributed by atoms with E-state index in [1.807, 2.05) is 30.7 Å². The van der Waals surface area contributed by atoms with Crippen molar-refractivity contribution in [2.75, 3.05) is 5.32 Å². The zero-order valence-electron chi connectivity index (χ0n) is 14.3. The summed E-state index contributed by atoms with van der Waals surface area (Å²) in [5.74, 6) is 0.666. The summed E-state index contributed by atoms with van der Waals surface area (Å²) in [5, 5.41) is 7.29. The largest absolute Gasteiger partial charge is 0.346 e. The van der Waals surface area contributed by atoms with Crippen LogP contribution in [-0.4, -0.2) is 20.3 Å². The second-order valence-electron chi connectivity index (χ2n) is 6.12. The van der Waals surface area contributed by atoms with Crippen LogP contribution in [-0.2, 0) is 0 Å². The van der Waals surface area contributed by atoms with Gasteiger partial charge in [0, 0.05) is 23.5 Å². The minimum Gasteiger partial charge on any atom is -0.346 e. The number of nitrogens with one attached hydrogen (secondary N) is 1. The van der Waals surface area contributed by atoms with Crippen molar-refractivity contribution in [3.63, 3.8) is 0 Å². The highest BCUT2D eigenvalue weighted by atomic mass is 16.1. The third-order valence-electron chi connectivity index (χ3n) is 4.17. The Morgan fingerprint density at radius 2 is 2.00 bits per heavy atom. The molecule has 0 saturated carbocycles. The van der Waals surface area contributed by atoms with E-state index in [2.05, 4.69) is 42.7 Å². The van der Waals surface area contributed by atoms with E-state index < -0.39 is 0 Å². The molecule has 2 aromatic heterocycles. The topological polar surface area (TPSA) is 51.9 Å². The SMILES string of the molecule is CCC(C)n1nccc1NC(=O)c1cc(C)n(C(C)C)c1C. The molecule has 2 heterocycles. The lowest BCUT2D eigenvalue weighted by Gasteiger charge is -2.15. The van der Waals surface area contributed by atoms with Gasteiger partial charge in [0.1, 0.15) is 5.82 Å². The Hall–Kier alpha value is -2.04. The van der Waals surface area contributed by atoms with Crippen LogP contribution in [0.4, 0.5) is 5.82 Å². The molecule has 120 valence electrons. The summed E-state index contributed by atoms with van der Waals surface area (Å²) in [4.78, 5) is 12.6. The monoisotopic (exact) mass is 302 g/mol. The van der Waals surface area contributed by atoms with Crippen LogP contribution in [0, 0.1) is 13.8 Å². The van der Waals surface area contributed by atoms with E-state index in [-0.39, 0.29) is 11.9 Å². The molecule has 0 radical (unpaired) electrons. The van der Waals surface area contributed by atoms with Crippen LogP contribution in [0.25, 0.3) is 0 Å². The zero-order valence-corrected chi connectivity index (χ0v) is 14.3. The first-order chi connectivity index (χ1) is 10.4. The van der Waals surface area contributed by atoms with Crippen LogP contribution in [0.5, 0.6) is 0 Å². The van der Waals surface area contributed by atoms with Gasteiger partial charge in [-0.15, -0.1) is 0 Å². The Balaban J connectivity index is 2.28. The standard InChI is InChI=1S/C17H26N4O/c1-7-12(4)21-16(8-9-18-21)19-17(22)15-10-13(5)20(11(2)3)14(15)6/h8-12H,7H2,1-6H3,(H,19,22). The molecule has 1 atom stereocenters. The number of nitrogens with zero attached hydrogens (tertiary/aromatic N) is 3. The summed E-state index contributed by atoms with van der Waals surface area (Å²) >= 11 is 0. The molecule has 0 bridgehead atoms. The average molecular weight is 302 g/mol. The van der Waals surface area contributed by atoms with Crippen LogP contribution in [0.2, 0.25) is 0 Å². The van der Waals surface area contributed by atoms with Crippen LogP contribution in [0.3, 0.4) is 0 Å². The van der Waals surface area contributed by atoms with Crippen molar-refractivity contribution in [2.45, 2.75) is 60.0 Å². The van der Waals surface area contributed by atoms with Gasteiger partial charge in [-0.3, -0.25) is 4.79 Å². The molecule has 1 amide bonds. The lowest BCUT2D eigenvalue weighted by Crippen LogP contribution is -2.18. The molecular formula is C17H26N4O. The van der Waals surface area contributed by atoms with Gasteiger partial charge in [0.25, 0.3) is 5.91 Å². The Morgan fingerprint density at radius 1 is 1.32 bits per heavy atom. The van der Waals surface area contributed by atoms with Crippen LogP contribution >= 0.6 is 0 Å². The number of aryl methyl sites for hydroxylation is 1. The van der Waals surface area contributed by atoms with E-state index in [1.165, 1.54) is 0 Å². The van der Waals surface area contributed by atoms with Gasteiger partial charge >= 0.3 is 0 Å². The van der Waals surface area contributed by atoms with Crippen molar-refractivity contribution in [3.05, 3.63) is 35.3 Å². The highest BCUT2D eigenvalue weighted by Gasteiger charge is 2.19. The minimum absolute atomic E-state index is 0.0787. The predicted molar refractivity (Wildman–Crippen MR) is 89.5 cm³/mol. The van der Waals surface area contributed by atoms with Gasteiger partial charge in [0.05, 0.1) is 17.8 Å². The smallest absolute Gasteiger partial charge is 0.258 e. The number of carbonyl (C=O) groups excluding carboxylic acids is 1. The van der Waals surface area contributed by atoms with Gasteiger partial charge in [-0.05, 0) is 47.1 Å². The molecule has 0 fully saturated rings. The van der Waals surface area contributed by atoms with Crippen molar-refractivity contribution in [1.82, 2.24) is 14.3 Å². The molecule has 5 nitrogen and oxygen atoms in total. The molecule has 2 aromatic rings. The molecule has 0 saturated heterocycles. The third-order valence-corrected chi connectivity index (χ3v) is 4.17. The normalized spacial score (nSPS) is 12.7. The Morgan fingerprint density at radius 3 is 2.55 bits per heavy atom. The summed E-state index contributed by atoms with van der Waals surface area (Å²) in [6, 6.07) is 4.39. The summed E-state index contributed by atoms with van der Waals surface area (Å²) in [7, 11) is 0. The van der Waals surface area contributed by atoms with Gasteiger partial charge in [0.2, 0.25) is 0 Å². The fourth-order valence-electron chi connectivity index (χ4n) is 2.92. The second-order valence-corrected chi connectivity index (χ2v) is 6.12. The van der Waals surface area contributed by atoms with Gasteiger partial charge in [-0.2, -0.15) is 5.10 Å². The molecule has 0 aliphatic carbocycles. The summed E-state index contributed by atoms with van der Waals surface area (Å²) in [5.41, 5.74) is 2.83. The molecular weight excluding hydrogens is 276 g/mol. The maximum Gasteiger partial charge on any atom is 0.258 e. The van der Waals surface area contributed by atoms with E-state index in [0.29, 0.717) is 6.04 Å². The van der Waals surface area contributed by atoms with Crippen molar-refractivity contribution in [2.24, 2.45) is 0 Å². The maximum atomic E-state index is 12.6. The molecule has 1 N–H and O–H groups in total. The molecule has 0 spiro atoms. The van der Waals surface area contributed by atoms with Crippen molar-refractivity contribution in [3.8, 4) is 0 Å². The lowest BCUT2D eigenvalue weighted by molar-refractivity contribution is 0.102. The Bertz CT molecular complexity index is 666. The van der Waals surface area contributed by atoms with Crippen molar-refractivity contribution in [1.29, 1.82) is 0 Å². The fourth-order valence-corrected chi connectivity index (χ4v) is 2.92. The maximum absolute atomic E-state index is 12.6. The van der Waals surface area contributed by atoms with Crippen LogP contribution < -0.4 is 5.32 Å². The number of carbonyl (C=O) groups is 1. The highest BCUT2D eigenvalue weighted by Crippen LogP contribution is 2.22. The van der Waals surface area contributed by atoms with Gasteiger partial charge in [-0.1, -0.05) is 6.92 Å². The predicted octanol–water partition coefficient (Wildman–Crippen LogP) is 4.11. The van der Waals surface area contributed by atoms with E-state index in [4.69, 9.17) is 0 Å². The van der Waals surface area contributed by atoms with E-state index in [1.54, 1.807) is 6.20 Å².